The molecule has 130 valence electrons. The molecule has 1 aromatic carbocycles. The van der Waals surface area contributed by atoms with Crippen molar-refractivity contribution in [3.05, 3.63) is 78.9 Å². The summed E-state index contributed by atoms with van der Waals surface area (Å²) >= 11 is 0. The number of hydrogen-bond acceptors (Lipinski definition) is 6. The van der Waals surface area contributed by atoms with Crippen molar-refractivity contribution >= 4 is 22.5 Å². The van der Waals surface area contributed by atoms with Crippen LogP contribution in [0, 0.1) is 0 Å². The molecule has 0 aliphatic rings. The SMILES string of the molecule is c1cncc(CNc2nc3ccccc3c3nc(-c4cccnc4)nn23)c1. The van der Waals surface area contributed by atoms with Gasteiger partial charge in [0.25, 0.3) is 0 Å². The standard InChI is InChI=1S/C20H15N7/c1-2-8-17-16(7-1)19-25-18(15-6-4-10-22-13-15)26-27(19)20(24-17)23-12-14-5-3-9-21-11-14/h1-11,13H,12H2,(H,23,24). The minimum atomic E-state index is 0.594. The van der Waals surface area contributed by atoms with Crippen molar-refractivity contribution in [1.82, 2.24) is 29.5 Å². The van der Waals surface area contributed by atoms with Gasteiger partial charge in [-0.2, -0.15) is 4.52 Å². The molecule has 0 saturated carbocycles. The second-order valence-electron chi connectivity index (χ2n) is 6.08. The highest BCUT2D eigenvalue weighted by molar-refractivity contribution is 5.92. The van der Waals surface area contributed by atoms with E-state index in [1.807, 2.05) is 54.7 Å². The van der Waals surface area contributed by atoms with Crippen molar-refractivity contribution in [3.8, 4) is 11.4 Å². The molecule has 0 saturated heterocycles. The Bertz CT molecular complexity index is 1220. The zero-order chi connectivity index (χ0) is 18.1. The number of benzene rings is 1. The quantitative estimate of drug-likeness (QED) is 0.534. The molecule has 0 aliphatic heterocycles. The molecule has 4 aromatic heterocycles. The minimum Gasteiger partial charge on any atom is -0.350 e. The smallest absolute Gasteiger partial charge is 0.226 e. The molecule has 5 rings (SSSR count). The third-order valence-corrected chi connectivity index (χ3v) is 4.27. The Morgan fingerprint density at radius 3 is 2.52 bits per heavy atom. The van der Waals surface area contributed by atoms with E-state index < -0.39 is 0 Å². The second kappa shape index (κ2) is 6.45. The zero-order valence-electron chi connectivity index (χ0n) is 14.3. The maximum absolute atomic E-state index is 4.75. The summed E-state index contributed by atoms with van der Waals surface area (Å²) in [5.41, 5.74) is 3.55. The van der Waals surface area contributed by atoms with Crippen molar-refractivity contribution in [2.75, 3.05) is 5.32 Å². The predicted octanol–water partition coefficient (Wildman–Crippen LogP) is 3.35. The van der Waals surface area contributed by atoms with E-state index in [1.54, 1.807) is 23.1 Å². The van der Waals surface area contributed by atoms with Gasteiger partial charge >= 0.3 is 0 Å². The molecule has 1 N–H and O–H groups in total. The monoisotopic (exact) mass is 353 g/mol. The van der Waals surface area contributed by atoms with Crippen LogP contribution in [0.4, 0.5) is 5.95 Å². The van der Waals surface area contributed by atoms with E-state index in [0.29, 0.717) is 18.3 Å². The summed E-state index contributed by atoms with van der Waals surface area (Å²) in [6, 6.07) is 15.7. The van der Waals surface area contributed by atoms with Crippen LogP contribution < -0.4 is 5.32 Å². The molecule has 7 nitrogen and oxygen atoms in total. The normalized spacial score (nSPS) is 11.1. The van der Waals surface area contributed by atoms with Crippen molar-refractivity contribution in [2.24, 2.45) is 0 Å². The van der Waals surface area contributed by atoms with E-state index >= 15 is 0 Å². The summed E-state index contributed by atoms with van der Waals surface area (Å²) in [5.74, 6) is 1.25. The van der Waals surface area contributed by atoms with Crippen LogP contribution in [0.25, 0.3) is 27.9 Å². The van der Waals surface area contributed by atoms with Crippen molar-refractivity contribution < 1.29 is 0 Å². The van der Waals surface area contributed by atoms with E-state index in [0.717, 1.165) is 27.7 Å². The Labute approximate surface area is 154 Å². The van der Waals surface area contributed by atoms with Crippen LogP contribution in [0.15, 0.2) is 73.3 Å². The molecule has 7 heteroatoms. The lowest BCUT2D eigenvalue weighted by atomic mass is 10.2. The number of pyridine rings is 2. The molecule has 0 amide bonds. The van der Waals surface area contributed by atoms with Gasteiger partial charge in [0.05, 0.1) is 5.52 Å². The van der Waals surface area contributed by atoms with Crippen molar-refractivity contribution in [2.45, 2.75) is 6.54 Å². The molecule has 0 atom stereocenters. The maximum Gasteiger partial charge on any atom is 0.226 e. The fourth-order valence-electron chi connectivity index (χ4n) is 2.97. The number of para-hydroxylation sites is 1. The van der Waals surface area contributed by atoms with E-state index in [9.17, 15) is 0 Å². The van der Waals surface area contributed by atoms with Gasteiger partial charge in [-0.3, -0.25) is 9.97 Å². The van der Waals surface area contributed by atoms with Crippen LogP contribution in [-0.2, 0) is 6.54 Å². The number of nitrogens with zero attached hydrogens (tertiary/aromatic N) is 6. The molecule has 5 aromatic rings. The van der Waals surface area contributed by atoms with E-state index in [-0.39, 0.29) is 0 Å². The molecule has 0 unspecified atom stereocenters. The van der Waals surface area contributed by atoms with Crippen molar-refractivity contribution in [1.29, 1.82) is 0 Å². The molecule has 0 spiro atoms. The Morgan fingerprint density at radius 1 is 0.852 bits per heavy atom. The first-order chi connectivity index (χ1) is 13.4. The number of nitrogens with one attached hydrogen (secondary N) is 1. The van der Waals surface area contributed by atoms with Crippen LogP contribution in [0.5, 0.6) is 0 Å². The fraction of sp³-hybridized carbons (Fsp3) is 0.0500. The number of fused-ring (bicyclic) bond motifs is 3. The lowest BCUT2D eigenvalue weighted by Crippen LogP contribution is -2.08. The molecule has 27 heavy (non-hydrogen) atoms. The van der Waals surface area contributed by atoms with Gasteiger partial charge in [-0.05, 0) is 35.9 Å². The molecule has 0 radical (unpaired) electrons. The number of aromatic nitrogens is 6. The first kappa shape index (κ1) is 15.4. The number of rotatable bonds is 4. The van der Waals surface area contributed by atoms with Gasteiger partial charge in [0.2, 0.25) is 5.95 Å². The molecular weight excluding hydrogens is 338 g/mol. The van der Waals surface area contributed by atoms with Gasteiger partial charge in [-0.15, -0.1) is 5.10 Å². The summed E-state index contributed by atoms with van der Waals surface area (Å²) in [7, 11) is 0. The molecule has 0 aliphatic carbocycles. The van der Waals surface area contributed by atoms with Gasteiger partial charge < -0.3 is 5.32 Å². The second-order valence-corrected chi connectivity index (χ2v) is 6.08. The average molecular weight is 353 g/mol. The highest BCUT2D eigenvalue weighted by Crippen LogP contribution is 2.24. The number of hydrogen-bond donors (Lipinski definition) is 1. The topological polar surface area (TPSA) is 80.9 Å². The Kier molecular flexibility index (Phi) is 3.68. The van der Waals surface area contributed by atoms with Crippen LogP contribution >= 0.6 is 0 Å². The lowest BCUT2D eigenvalue weighted by molar-refractivity contribution is 0.918. The van der Waals surface area contributed by atoms with Crippen LogP contribution in [-0.4, -0.2) is 29.5 Å². The highest BCUT2D eigenvalue weighted by atomic mass is 15.4. The van der Waals surface area contributed by atoms with E-state index in [1.165, 1.54) is 0 Å². The first-order valence-electron chi connectivity index (χ1n) is 8.57. The lowest BCUT2D eigenvalue weighted by Gasteiger charge is -2.08. The summed E-state index contributed by atoms with van der Waals surface area (Å²) in [6.07, 6.45) is 7.07. The summed E-state index contributed by atoms with van der Waals surface area (Å²) in [6.45, 7) is 0.594. The van der Waals surface area contributed by atoms with Gasteiger partial charge in [0.1, 0.15) is 0 Å². The molecule has 0 fully saturated rings. The summed E-state index contributed by atoms with van der Waals surface area (Å²) in [4.78, 5) is 17.8. The maximum atomic E-state index is 4.75. The van der Waals surface area contributed by atoms with Crippen molar-refractivity contribution in [3.63, 3.8) is 0 Å². The third kappa shape index (κ3) is 2.85. The summed E-state index contributed by atoms with van der Waals surface area (Å²) in [5, 5.41) is 8.98. The third-order valence-electron chi connectivity index (χ3n) is 4.27. The van der Waals surface area contributed by atoms with E-state index in [4.69, 9.17) is 9.97 Å². The van der Waals surface area contributed by atoms with Crippen LogP contribution in [0.1, 0.15) is 5.56 Å². The first-order valence-corrected chi connectivity index (χ1v) is 8.57. The van der Waals surface area contributed by atoms with Gasteiger partial charge in [-0.1, -0.05) is 18.2 Å². The Morgan fingerprint density at radius 2 is 1.70 bits per heavy atom. The van der Waals surface area contributed by atoms with Crippen LogP contribution in [0.2, 0.25) is 0 Å². The molecular formula is C20H15N7. The molecule has 4 heterocycles. The van der Waals surface area contributed by atoms with Gasteiger partial charge in [-0.25, -0.2) is 9.97 Å². The van der Waals surface area contributed by atoms with E-state index in [2.05, 4.69) is 20.4 Å². The Hall–Kier alpha value is -3.87. The highest BCUT2D eigenvalue weighted by Gasteiger charge is 2.14. The minimum absolute atomic E-state index is 0.594. The number of anilines is 1. The summed E-state index contributed by atoms with van der Waals surface area (Å²) < 4.78 is 1.75. The zero-order valence-corrected chi connectivity index (χ0v) is 14.3. The van der Waals surface area contributed by atoms with Gasteiger partial charge in [0, 0.05) is 42.3 Å². The fourth-order valence-corrected chi connectivity index (χ4v) is 2.97. The Balaban J connectivity index is 1.65. The predicted molar refractivity (Wildman–Crippen MR) is 103 cm³/mol. The molecule has 0 bridgehead atoms. The van der Waals surface area contributed by atoms with Crippen LogP contribution in [0.3, 0.4) is 0 Å². The average Bonchev–Trinajstić information content (AvgIpc) is 3.19. The van der Waals surface area contributed by atoms with Gasteiger partial charge in [0.15, 0.2) is 11.5 Å². The largest absolute Gasteiger partial charge is 0.350 e.